The van der Waals surface area contributed by atoms with Gasteiger partial charge in [0, 0.05) is 0 Å². The van der Waals surface area contributed by atoms with Crippen LogP contribution in [-0.2, 0) is 0 Å². The second-order valence-electron chi connectivity index (χ2n) is 5.13. The zero-order valence-electron chi connectivity index (χ0n) is 12.8. The van der Waals surface area contributed by atoms with Crippen LogP contribution >= 0.6 is 0 Å². The predicted molar refractivity (Wildman–Crippen MR) is 85.9 cm³/mol. The predicted octanol–water partition coefficient (Wildman–Crippen LogP) is 3.74. The van der Waals surface area contributed by atoms with Crippen LogP contribution in [0.15, 0.2) is 48.5 Å². The first-order chi connectivity index (χ1) is 10.7. The van der Waals surface area contributed by atoms with Gasteiger partial charge in [0.05, 0.1) is 13.7 Å². The number of ether oxygens (including phenoxy) is 2. The van der Waals surface area contributed by atoms with E-state index in [-0.39, 0.29) is 11.7 Å². The highest BCUT2D eigenvalue weighted by molar-refractivity contribution is 5.39. The third-order valence-electron chi connectivity index (χ3n) is 3.63. The number of rotatable bonds is 8. The summed E-state index contributed by atoms with van der Waals surface area (Å²) < 4.78 is 24.3. The van der Waals surface area contributed by atoms with Gasteiger partial charge in [-0.15, -0.1) is 0 Å². The molecule has 0 bridgehead atoms. The number of benzene rings is 2. The summed E-state index contributed by atoms with van der Waals surface area (Å²) in [7, 11) is 1.62. The molecule has 0 spiro atoms. The molecule has 3 nitrogen and oxygen atoms in total. The van der Waals surface area contributed by atoms with Crippen LogP contribution in [0.5, 0.6) is 11.5 Å². The van der Waals surface area contributed by atoms with Crippen molar-refractivity contribution in [1.29, 1.82) is 0 Å². The Bertz CT molecular complexity index is 589. The van der Waals surface area contributed by atoms with Crippen molar-refractivity contribution in [3.63, 3.8) is 0 Å². The highest BCUT2D eigenvalue weighted by Crippen LogP contribution is 2.26. The number of nitrogens with two attached hydrogens (primary N) is 1. The van der Waals surface area contributed by atoms with E-state index in [4.69, 9.17) is 15.2 Å². The fourth-order valence-electron chi connectivity index (χ4n) is 2.43. The van der Waals surface area contributed by atoms with Gasteiger partial charge in [-0.05, 0) is 55.1 Å². The highest BCUT2D eigenvalue weighted by Gasteiger charge is 2.10. The second kappa shape index (κ2) is 8.39. The SMILES string of the molecule is COc1ccccc1OCCCC(CN)c1cccc(F)c1. The molecule has 118 valence electrons. The lowest BCUT2D eigenvalue weighted by atomic mass is 9.94. The van der Waals surface area contributed by atoms with Crippen molar-refractivity contribution in [3.05, 3.63) is 59.9 Å². The van der Waals surface area contributed by atoms with Crippen LogP contribution in [0.3, 0.4) is 0 Å². The van der Waals surface area contributed by atoms with Gasteiger partial charge in [0.2, 0.25) is 0 Å². The van der Waals surface area contributed by atoms with Crippen LogP contribution in [0.25, 0.3) is 0 Å². The largest absolute Gasteiger partial charge is 0.493 e. The Labute approximate surface area is 130 Å². The first kappa shape index (κ1) is 16.3. The number of halogens is 1. The van der Waals surface area contributed by atoms with Crippen molar-refractivity contribution in [2.75, 3.05) is 20.3 Å². The normalized spacial score (nSPS) is 12.0. The molecule has 0 fully saturated rings. The molecule has 2 aromatic rings. The van der Waals surface area contributed by atoms with E-state index in [0.717, 1.165) is 29.9 Å². The van der Waals surface area contributed by atoms with Crippen molar-refractivity contribution in [1.82, 2.24) is 0 Å². The quantitative estimate of drug-likeness (QED) is 0.756. The lowest BCUT2D eigenvalue weighted by molar-refractivity contribution is 0.282. The van der Waals surface area contributed by atoms with E-state index in [1.165, 1.54) is 6.07 Å². The Morgan fingerprint density at radius 3 is 2.55 bits per heavy atom. The van der Waals surface area contributed by atoms with E-state index in [1.807, 2.05) is 30.3 Å². The Hall–Kier alpha value is -2.07. The molecule has 4 heteroatoms. The van der Waals surface area contributed by atoms with Gasteiger partial charge in [0.15, 0.2) is 11.5 Å². The zero-order valence-corrected chi connectivity index (χ0v) is 12.8. The van der Waals surface area contributed by atoms with Crippen molar-refractivity contribution < 1.29 is 13.9 Å². The zero-order chi connectivity index (χ0) is 15.8. The number of hydrogen-bond donors (Lipinski definition) is 1. The van der Waals surface area contributed by atoms with E-state index in [2.05, 4.69) is 0 Å². The molecule has 0 aliphatic heterocycles. The molecular weight excluding hydrogens is 281 g/mol. The summed E-state index contributed by atoms with van der Waals surface area (Å²) in [5, 5.41) is 0. The Kier molecular flexibility index (Phi) is 6.22. The molecule has 0 saturated heterocycles. The maximum absolute atomic E-state index is 13.3. The van der Waals surface area contributed by atoms with Gasteiger partial charge >= 0.3 is 0 Å². The molecule has 0 aliphatic rings. The Morgan fingerprint density at radius 2 is 1.86 bits per heavy atom. The minimum absolute atomic E-state index is 0.150. The number of hydrogen-bond acceptors (Lipinski definition) is 3. The average Bonchev–Trinajstić information content (AvgIpc) is 2.55. The molecular formula is C18H22FNO2. The van der Waals surface area contributed by atoms with Crippen molar-refractivity contribution >= 4 is 0 Å². The maximum Gasteiger partial charge on any atom is 0.161 e. The molecule has 0 aromatic heterocycles. The molecule has 2 rings (SSSR count). The van der Waals surface area contributed by atoms with Crippen molar-refractivity contribution in [3.8, 4) is 11.5 Å². The van der Waals surface area contributed by atoms with E-state index in [0.29, 0.717) is 13.2 Å². The van der Waals surface area contributed by atoms with Crippen molar-refractivity contribution in [2.45, 2.75) is 18.8 Å². The van der Waals surface area contributed by atoms with Crippen LogP contribution in [-0.4, -0.2) is 20.3 Å². The fraction of sp³-hybridized carbons (Fsp3) is 0.333. The molecule has 0 aliphatic carbocycles. The summed E-state index contributed by atoms with van der Waals surface area (Å²) in [5.74, 6) is 1.39. The summed E-state index contributed by atoms with van der Waals surface area (Å²) in [4.78, 5) is 0. The minimum Gasteiger partial charge on any atom is -0.493 e. The van der Waals surface area contributed by atoms with Crippen molar-refractivity contribution in [2.24, 2.45) is 5.73 Å². The highest BCUT2D eigenvalue weighted by atomic mass is 19.1. The summed E-state index contributed by atoms with van der Waals surface area (Å²) in [6.07, 6.45) is 1.70. The van der Waals surface area contributed by atoms with Gasteiger partial charge in [-0.1, -0.05) is 24.3 Å². The van der Waals surface area contributed by atoms with E-state index in [1.54, 1.807) is 19.2 Å². The number of para-hydroxylation sites is 2. The van der Waals surface area contributed by atoms with E-state index < -0.39 is 0 Å². The average molecular weight is 303 g/mol. The Morgan fingerprint density at radius 1 is 1.09 bits per heavy atom. The molecule has 2 aromatic carbocycles. The summed E-state index contributed by atoms with van der Waals surface area (Å²) in [6, 6.07) is 14.2. The fourth-order valence-corrected chi connectivity index (χ4v) is 2.43. The first-order valence-corrected chi connectivity index (χ1v) is 7.46. The summed E-state index contributed by atoms with van der Waals surface area (Å²) in [5.41, 5.74) is 6.75. The molecule has 0 heterocycles. The molecule has 1 atom stereocenters. The van der Waals surface area contributed by atoms with Gasteiger partial charge in [0.1, 0.15) is 5.82 Å². The van der Waals surface area contributed by atoms with Gasteiger partial charge < -0.3 is 15.2 Å². The smallest absolute Gasteiger partial charge is 0.161 e. The third kappa shape index (κ3) is 4.46. The molecule has 22 heavy (non-hydrogen) atoms. The van der Waals surface area contributed by atoms with Crippen LogP contribution in [0, 0.1) is 5.82 Å². The molecule has 0 saturated carbocycles. The third-order valence-corrected chi connectivity index (χ3v) is 3.63. The number of methoxy groups -OCH3 is 1. The lowest BCUT2D eigenvalue weighted by Crippen LogP contribution is -2.14. The van der Waals surface area contributed by atoms with E-state index >= 15 is 0 Å². The first-order valence-electron chi connectivity index (χ1n) is 7.46. The monoisotopic (exact) mass is 303 g/mol. The van der Waals surface area contributed by atoms with E-state index in [9.17, 15) is 4.39 Å². The van der Waals surface area contributed by atoms with Gasteiger partial charge in [-0.2, -0.15) is 0 Å². The summed E-state index contributed by atoms with van der Waals surface area (Å²) in [6.45, 7) is 1.07. The van der Waals surface area contributed by atoms with Gasteiger partial charge in [-0.25, -0.2) is 4.39 Å². The standard InChI is InChI=1S/C18H22FNO2/c1-21-17-9-2-3-10-18(17)22-11-5-7-15(13-20)14-6-4-8-16(19)12-14/h2-4,6,8-10,12,15H,5,7,11,13,20H2,1H3. The molecule has 1 unspecified atom stereocenters. The topological polar surface area (TPSA) is 44.5 Å². The van der Waals surface area contributed by atoms with Gasteiger partial charge in [0.25, 0.3) is 0 Å². The molecule has 2 N–H and O–H groups in total. The maximum atomic E-state index is 13.3. The summed E-state index contributed by atoms with van der Waals surface area (Å²) >= 11 is 0. The lowest BCUT2D eigenvalue weighted by Gasteiger charge is -2.16. The molecule has 0 radical (unpaired) electrons. The molecule has 0 amide bonds. The van der Waals surface area contributed by atoms with Gasteiger partial charge in [-0.3, -0.25) is 0 Å². The van der Waals surface area contributed by atoms with Crippen LogP contribution in [0.1, 0.15) is 24.3 Å². The Balaban J connectivity index is 1.84. The van der Waals surface area contributed by atoms with Crippen LogP contribution in [0.2, 0.25) is 0 Å². The second-order valence-corrected chi connectivity index (χ2v) is 5.13. The minimum atomic E-state index is -0.221. The van der Waals surface area contributed by atoms with Crippen LogP contribution in [0.4, 0.5) is 4.39 Å². The van der Waals surface area contributed by atoms with Crippen LogP contribution < -0.4 is 15.2 Å².